The van der Waals surface area contributed by atoms with Crippen LogP contribution in [0.15, 0.2) is 36.8 Å². The molecule has 15 heavy (non-hydrogen) atoms. The van der Waals surface area contributed by atoms with Gasteiger partial charge in [0, 0.05) is 12.7 Å². The van der Waals surface area contributed by atoms with Gasteiger partial charge in [-0.3, -0.25) is 0 Å². The molecule has 0 fully saturated rings. The zero-order chi connectivity index (χ0) is 10.7. The molecule has 2 rings (SSSR count). The molecule has 0 saturated heterocycles. The molecule has 4 nitrogen and oxygen atoms in total. The highest BCUT2D eigenvalue weighted by atomic mass is 16.3. The molecule has 2 N–H and O–H groups in total. The lowest BCUT2D eigenvalue weighted by Gasteiger charge is -2.02. The molecule has 0 spiro atoms. The summed E-state index contributed by atoms with van der Waals surface area (Å²) in [5.41, 5.74) is 1.65. The van der Waals surface area contributed by atoms with Crippen molar-refractivity contribution in [1.82, 2.24) is 9.55 Å². The van der Waals surface area contributed by atoms with Crippen molar-refractivity contribution in [3.05, 3.63) is 48.0 Å². The van der Waals surface area contributed by atoms with E-state index in [9.17, 15) is 5.11 Å². The van der Waals surface area contributed by atoms with Gasteiger partial charge >= 0.3 is 0 Å². The third-order valence-corrected chi connectivity index (χ3v) is 2.12. The van der Waals surface area contributed by atoms with Crippen molar-refractivity contribution in [2.45, 2.75) is 13.2 Å². The quantitative estimate of drug-likeness (QED) is 0.788. The van der Waals surface area contributed by atoms with Crippen molar-refractivity contribution in [3.8, 4) is 5.75 Å². The molecule has 0 atom stereocenters. The zero-order valence-corrected chi connectivity index (χ0v) is 8.17. The first-order chi connectivity index (χ1) is 7.28. The van der Waals surface area contributed by atoms with Crippen LogP contribution in [-0.4, -0.2) is 19.8 Å². The maximum absolute atomic E-state index is 9.28. The number of aliphatic hydroxyl groups is 1. The van der Waals surface area contributed by atoms with Crippen LogP contribution in [0.5, 0.6) is 5.75 Å². The molecule has 2 aromatic rings. The van der Waals surface area contributed by atoms with Crippen LogP contribution in [0.4, 0.5) is 0 Å². The zero-order valence-electron chi connectivity index (χ0n) is 8.17. The van der Waals surface area contributed by atoms with E-state index in [4.69, 9.17) is 5.11 Å². The van der Waals surface area contributed by atoms with E-state index < -0.39 is 0 Å². The first kappa shape index (κ1) is 9.73. The first-order valence-corrected chi connectivity index (χ1v) is 4.67. The van der Waals surface area contributed by atoms with Gasteiger partial charge in [0.25, 0.3) is 0 Å². The molecule has 0 aliphatic carbocycles. The monoisotopic (exact) mass is 204 g/mol. The maximum Gasteiger partial charge on any atom is 0.115 e. The SMILES string of the molecule is OCc1cn(Cc2cccc(O)c2)cn1. The fraction of sp³-hybridized carbons (Fsp3) is 0.182. The van der Waals surface area contributed by atoms with E-state index >= 15 is 0 Å². The van der Waals surface area contributed by atoms with E-state index in [1.807, 2.05) is 10.6 Å². The van der Waals surface area contributed by atoms with Crippen LogP contribution in [0.25, 0.3) is 0 Å². The maximum atomic E-state index is 9.28. The summed E-state index contributed by atoms with van der Waals surface area (Å²) in [6.07, 6.45) is 3.44. The Bertz CT molecular complexity index is 451. The Morgan fingerprint density at radius 1 is 1.33 bits per heavy atom. The largest absolute Gasteiger partial charge is 0.508 e. The summed E-state index contributed by atoms with van der Waals surface area (Å²) >= 11 is 0. The molecule has 0 aliphatic rings. The minimum atomic E-state index is -0.0486. The van der Waals surface area contributed by atoms with Crippen molar-refractivity contribution in [1.29, 1.82) is 0 Å². The van der Waals surface area contributed by atoms with Gasteiger partial charge in [0.1, 0.15) is 5.75 Å². The lowest BCUT2D eigenvalue weighted by molar-refractivity contribution is 0.277. The number of imidazole rings is 1. The smallest absolute Gasteiger partial charge is 0.115 e. The number of rotatable bonds is 3. The fourth-order valence-corrected chi connectivity index (χ4v) is 1.44. The predicted octanol–water partition coefficient (Wildman–Crippen LogP) is 1.13. The summed E-state index contributed by atoms with van der Waals surface area (Å²) in [6, 6.07) is 7.07. The first-order valence-electron chi connectivity index (χ1n) is 4.67. The van der Waals surface area contributed by atoms with E-state index in [1.165, 1.54) is 0 Å². The van der Waals surface area contributed by atoms with E-state index in [1.54, 1.807) is 30.7 Å². The Morgan fingerprint density at radius 2 is 2.20 bits per heavy atom. The van der Waals surface area contributed by atoms with Crippen LogP contribution in [0, 0.1) is 0 Å². The normalized spacial score (nSPS) is 10.5. The molecule has 0 unspecified atom stereocenters. The van der Waals surface area contributed by atoms with Gasteiger partial charge in [0.05, 0.1) is 18.6 Å². The summed E-state index contributed by atoms with van der Waals surface area (Å²) in [6.45, 7) is 0.592. The van der Waals surface area contributed by atoms with Crippen LogP contribution in [0.1, 0.15) is 11.3 Å². The van der Waals surface area contributed by atoms with Crippen LogP contribution >= 0.6 is 0 Å². The number of hydrogen-bond acceptors (Lipinski definition) is 3. The topological polar surface area (TPSA) is 58.3 Å². The van der Waals surface area contributed by atoms with Crippen LogP contribution in [0.3, 0.4) is 0 Å². The second-order valence-corrected chi connectivity index (χ2v) is 3.37. The highest BCUT2D eigenvalue weighted by Gasteiger charge is 1.99. The van der Waals surface area contributed by atoms with E-state index in [0.717, 1.165) is 5.56 Å². The van der Waals surface area contributed by atoms with E-state index in [-0.39, 0.29) is 12.4 Å². The molecule has 1 aromatic carbocycles. The molecular formula is C11H12N2O2. The number of hydrogen-bond donors (Lipinski definition) is 2. The minimum Gasteiger partial charge on any atom is -0.508 e. The number of nitrogens with zero attached hydrogens (tertiary/aromatic N) is 2. The van der Waals surface area contributed by atoms with Gasteiger partial charge in [-0.05, 0) is 17.7 Å². The number of benzene rings is 1. The number of aliphatic hydroxyl groups excluding tert-OH is 1. The third kappa shape index (κ3) is 2.35. The summed E-state index contributed by atoms with van der Waals surface area (Å²) in [4.78, 5) is 4.00. The van der Waals surface area contributed by atoms with Gasteiger partial charge < -0.3 is 14.8 Å². The predicted molar refractivity (Wildman–Crippen MR) is 55.4 cm³/mol. The van der Waals surface area contributed by atoms with E-state index in [0.29, 0.717) is 12.2 Å². The molecule has 4 heteroatoms. The van der Waals surface area contributed by atoms with Crippen molar-refractivity contribution >= 4 is 0 Å². The Hall–Kier alpha value is -1.81. The summed E-state index contributed by atoms with van der Waals surface area (Å²) in [5.74, 6) is 0.259. The van der Waals surface area contributed by atoms with Crippen molar-refractivity contribution < 1.29 is 10.2 Å². The Morgan fingerprint density at radius 3 is 2.87 bits per heavy atom. The average molecular weight is 204 g/mol. The molecule has 0 radical (unpaired) electrons. The average Bonchev–Trinajstić information content (AvgIpc) is 2.65. The molecule has 1 heterocycles. The lowest BCUT2D eigenvalue weighted by atomic mass is 10.2. The van der Waals surface area contributed by atoms with Gasteiger partial charge in [0.2, 0.25) is 0 Å². The molecule has 78 valence electrons. The van der Waals surface area contributed by atoms with Crippen LogP contribution in [-0.2, 0) is 13.2 Å². The van der Waals surface area contributed by atoms with Crippen LogP contribution < -0.4 is 0 Å². The number of phenols is 1. The standard InChI is InChI=1S/C11H12N2O2/c14-7-10-6-13(8-12-10)5-9-2-1-3-11(15)4-9/h1-4,6,8,14-15H,5,7H2. The number of aromatic hydroxyl groups is 1. The van der Waals surface area contributed by atoms with Gasteiger partial charge in [0.15, 0.2) is 0 Å². The second-order valence-electron chi connectivity index (χ2n) is 3.37. The van der Waals surface area contributed by atoms with Gasteiger partial charge in [-0.25, -0.2) is 4.98 Å². The summed E-state index contributed by atoms with van der Waals surface area (Å²) in [7, 11) is 0. The minimum absolute atomic E-state index is 0.0486. The second kappa shape index (κ2) is 4.14. The fourth-order valence-electron chi connectivity index (χ4n) is 1.44. The summed E-state index contributed by atoms with van der Waals surface area (Å²) < 4.78 is 1.86. The molecule has 1 aromatic heterocycles. The Kier molecular flexibility index (Phi) is 2.69. The van der Waals surface area contributed by atoms with Gasteiger partial charge in [-0.15, -0.1) is 0 Å². The Balaban J connectivity index is 2.14. The van der Waals surface area contributed by atoms with E-state index in [2.05, 4.69) is 4.98 Å². The number of phenolic OH excluding ortho intramolecular Hbond substituents is 1. The molecule has 0 saturated carbocycles. The molecule has 0 bridgehead atoms. The lowest BCUT2D eigenvalue weighted by Crippen LogP contribution is -1.95. The summed E-state index contributed by atoms with van der Waals surface area (Å²) in [5, 5.41) is 18.1. The molecule has 0 aliphatic heterocycles. The van der Waals surface area contributed by atoms with Crippen LogP contribution in [0.2, 0.25) is 0 Å². The van der Waals surface area contributed by atoms with Gasteiger partial charge in [-0.1, -0.05) is 12.1 Å². The highest BCUT2D eigenvalue weighted by Crippen LogP contribution is 2.12. The molecular weight excluding hydrogens is 192 g/mol. The highest BCUT2D eigenvalue weighted by molar-refractivity contribution is 5.27. The van der Waals surface area contributed by atoms with Crippen molar-refractivity contribution in [2.24, 2.45) is 0 Å². The molecule has 0 amide bonds. The van der Waals surface area contributed by atoms with Crippen molar-refractivity contribution in [3.63, 3.8) is 0 Å². The van der Waals surface area contributed by atoms with Gasteiger partial charge in [-0.2, -0.15) is 0 Å². The van der Waals surface area contributed by atoms with Crippen molar-refractivity contribution in [2.75, 3.05) is 0 Å². The third-order valence-electron chi connectivity index (χ3n) is 2.12. The Labute approximate surface area is 87.4 Å². The number of aromatic nitrogens is 2.